The summed E-state index contributed by atoms with van der Waals surface area (Å²) in [5.41, 5.74) is 1.37. The van der Waals surface area contributed by atoms with Crippen molar-refractivity contribution in [1.82, 2.24) is 0 Å². The molecule has 0 aromatic heterocycles. The van der Waals surface area contributed by atoms with Crippen molar-refractivity contribution in [1.29, 1.82) is 0 Å². The molecular weight excluding hydrogens is 450 g/mol. The summed E-state index contributed by atoms with van der Waals surface area (Å²) in [4.78, 5) is 0. The molecule has 0 N–H and O–H groups in total. The molecule has 1 unspecified atom stereocenters. The molecule has 1 atom stereocenters. The highest BCUT2D eigenvalue weighted by Crippen LogP contribution is 2.46. The van der Waals surface area contributed by atoms with Crippen LogP contribution in [0.5, 0.6) is 5.75 Å². The van der Waals surface area contributed by atoms with Crippen molar-refractivity contribution in [2.45, 2.75) is 97.3 Å². The lowest BCUT2D eigenvalue weighted by Crippen LogP contribution is -2.28. The Bertz CT molecular complexity index is 914. The minimum absolute atomic E-state index is 0.0115. The maximum Gasteiger partial charge on any atom is 0.201 e. The van der Waals surface area contributed by atoms with Crippen LogP contribution in [0.25, 0.3) is 5.57 Å². The Hall–Kier alpha value is -1.90. The van der Waals surface area contributed by atoms with Crippen LogP contribution in [0.3, 0.4) is 0 Å². The van der Waals surface area contributed by atoms with Gasteiger partial charge in [-0.25, -0.2) is 4.39 Å². The summed E-state index contributed by atoms with van der Waals surface area (Å²) in [6.07, 6.45) is 27.2. The Morgan fingerprint density at radius 3 is 2.03 bits per heavy atom. The first-order valence-electron chi connectivity index (χ1n) is 14.6. The van der Waals surface area contributed by atoms with Gasteiger partial charge in [0, 0.05) is 5.56 Å². The van der Waals surface area contributed by atoms with Gasteiger partial charge in [0.2, 0.25) is 5.82 Å². The van der Waals surface area contributed by atoms with Gasteiger partial charge < -0.3 is 4.74 Å². The van der Waals surface area contributed by atoms with Crippen LogP contribution in [0.4, 0.5) is 8.78 Å². The van der Waals surface area contributed by atoms with E-state index in [0.29, 0.717) is 11.5 Å². The van der Waals surface area contributed by atoms with Gasteiger partial charge in [-0.15, -0.1) is 0 Å². The minimum atomic E-state index is -0.870. The molecule has 3 aliphatic carbocycles. The fourth-order valence-electron chi connectivity index (χ4n) is 7.19. The molecule has 36 heavy (non-hydrogen) atoms. The number of benzene rings is 1. The fourth-order valence-corrected chi connectivity index (χ4v) is 7.19. The van der Waals surface area contributed by atoms with Crippen molar-refractivity contribution in [3.63, 3.8) is 0 Å². The van der Waals surface area contributed by atoms with Crippen LogP contribution in [-0.4, -0.2) is 6.61 Å². The first kappa shape index (κ1) is 27.1. The SMILES string of the molecule is CC=CCCC1CCC(C2CCC(C3CC=C(c4ccc(OCC=CC)c(F)c4F)CC3)CC2)CC1. The Morgan fingerprint density at radius 2 is 1.42 bits per heavy atom. The first-order valence-corrected chi connectivity index (χ1v) is 14.6. The summed E-state index contributed by atoms with van der Waals surface area (Å²) in [6, 6.07) is 3.26. The number of allylic oxidation sites excluding steroid dienone is 5. The lowest BCUT2D eigenvalue weighted by Gasteiger charge is -2.40. The first-order chi connectivity index (χ1) is 17.6. The third-order valence-electron chi connectivity index (χ3n) is 9.43. The van der Waals surface area contributed by atoms with E-state index in [1.807, 2.05) is 13.0 Å². The van der Waals surface area contributed by atoms with Gasteiger partial charge in [-0.2, -0.15) is 4.39 Å². The molecule has 0 radical (unpaired) electrons. The second-order valence-electron chi connectivity index (χ2n) is 11.5. The van der Waals surface area contributed by atoms with E-state index in [9.17, 15) is 8.78 Å². The Kier molecular flexibility index (Phi) is 10.2. The van der Waals surface area contributed by atoms with Crippen molar-refractivity contribution >= 4 is 5.57 Å². The standard InChI is InChI=1S/C33H46F2O/c1-3-5-7-8-24-9-11-25(12-10-24)26-13-15-27(16-14-26)28-17-19-29(20-18-28)30-21-22-31(33(35)32(30)34)36-23-6-4-2/h3-6,19,21-22,24-28H,7-18,20,23H2,1-2H3. The summed E-state index contributed by atoms with van der Waals surface area (Å²) in [6.45, 7) is 4.24. The van der Waals surface area contributed by atoms with Crippen LogP contribution in [0.15, 0.2) is 42.5 Å². The second kappa shape index (κ2) is 13.6. The van der Waals surface area contributed by atoms with Crippen LogP contribution in [-0.2, 0) is 0 Å². The third kappa shape index (κ3) is 6.90. The monoisotopic (exact) mass is 496 g/mol. The zero-order valence-electron chi connectivity index (χ0n) is 22.5. The summed E-state index contributed by atoms with van der Waals surface area (Å²) < 4.78 is 34.7. The summed E-state index contributed by atoms with van der Waals surface area (Å²) in [5, 5.41) is 0. The number of ether oxygens (including phenoxy) is 1. The molecule has 0 aliphatic heterocycles. The molecular formula is C33H46F2O. The number of hydrogen-bond acceptors (Lipinski definition) is 1. The van der Waals surface area contributed by atoms with Gasteiger partial charge in [0.05, 0.1) is 0 Å². The molecule has 0 bridgehead atoms. The van der Waals surface area contributed by atoms with Crippen molar-refractivity contribution in [2.75, 3.05) is 6.61 Å². The molecule has 2 saturated carbocycles. The molecule has 3 heteroatoms. The zero-order valence-corrected chi connectivity index (χ0v) is 22.5. The maximum absolute atomic E-state index is 14.8. The molecule has 0 heterocycles. The van der Waals surface area contributed by atoms with Gasteiger partial charge >= 0.3 is 0 Å². The lowest BCUT2D eigenvalue weighted by molar-refractivity contribution is 0.121. The quantitative estimate of drug-likeness (QED) is 0.309. The van der Waals surface area contributed by atoms with Crippen LogP contribution in [0, 0.1) is 41.2 Å². The zero-order chi connectivity index (χ0) is 25.3. The summed E-state index contributed by atoms with van der Waals surface area (Å²) >= 11 is 0. The van der Waals surface area contributed by atoms with Gasteiger partial charge in [0.15, 0.2) is 11.6 Å². The van der Waals surface area contributed by atoms with Gasteiger partial charge in [0.1, 0.15) is 6.61 Å². The molecule has 1 aromatic carbocycles. The number of rotatable bonds is 9. The largest absolute Gasteiger partial charge is 0.486 e. The average molecular weight is 497 g/mol. The number of halogens is 2. The highest BCUT2D eigenvalue weighted by molar-refractivity contribution is 5.67. The van der Waals surface area contributed by atoms with Crippen molar-refractivity contribution in [3.8, 4) is 5.75 Å². The predicted molar refractivity (Wildman–Crippen MR) is 147 cm³/mol. The number of hydrogen-bond donors (Lipinski definition) is 0. The molecule has 1 aromatic rings. The molecule has 0 saturated heterocycles. The van der Waals surface area contributed by atoms with Gasteiger partial charge in [0.25, 0.3) is 0 Å². The maximum atomic E-state index is 14.8. The van der Waals surface area contributed by atoms with Gasteiger partial charge in [-0.1, -0.05) is 43.2 Å². The topological polar surface area (TPSA) is 9.23 Å². The molecule has 1 nitrogen and oxygen atoms in total. The van der Waals surface area contributed by atoms with Crippen molar-refractivity contribution in [3.05, 3.63) is 59.7 Å². The van der Waals surface area contributed by atoms with Crippen LogP contribution >= 0.6 is 0 Å². The van der Waals surface area contributed by atoms with E-state index in [2.05, 4.69) is 25.2 Å². The minimum Gasteiger partial charge on any atom is -0.486 e. The Balaban J connectivity index is 1.24. The summed E-state index contributed by atoms with van der Waals surface area (Å²) in [7, 11) is 0. The van der Waals surface area contributed by atoms with E-state index >= 15 is 0 Å². The lowest BCUT2D eigenvalue weighted by atomic mass is 9.65. The van der Waals surface area contributed by atoms with Crippen molar-refractivity contribution < 1.29 is 13.5 Å². The van der Waals surface area contributed by atoms with E-state index < -0.39 is 11.6 Å². The van der Waals surface area contributed by atoms with E-state index in [0.717, 1.165) is 48.5 Å². The molecule has 2 fully saturated rings. The normalized spacial score (nSPS) is 29.6. The van der Waals surface area contributed by atoms with Crippen LogP contribution in [0.1, 0.15) is 103 Å². The Labute approximate surface area is 218 Å². The second-order valence-corrected chi connectivity index (χ2v) is 11.5. The van der Waals surface area contributed by atoms with E-state index in [1.165, 1.54) is 64.2 Å². The third-order valence-corrected chi connectivity index (χ3v) is 9.43. The molecule has 0 spiro atoms. The smallest absolute Gasteiger partial charge is 0.201 e. The van der Waals surface area contributed by atoms with Crippen molar-refractivity contribution in [2.24, 2.45) is 29.6 Å². The molecule has 4 rings (SSSR count). The average Bonchev–Trinajstić information content (AvgIpc) is 2.92. The van der Waals surface area contributed by atoms with E-state index in [-0.39, 0.29) is 12.4 Å². The molecule has 198 valence electrons. The predicted octanol–water partition coefficient (Wildman–Crippen LogP) is 10.1. The molecule has 3 aliphatic rings. The van der Waals surface area contributed by atoms with E-state index in [4.69, 9.17) is 4.74 Å². The van der Waals surface area contributed by atoms with Crippen LogP contribution in [0.2, 0.25) is 0 Å². The van der Waals surface area contributed by atoms with Gasteiger partial charge in [-0.05, 0) is 132 Å². The van der Waals surface area contributed by atoms with E-state index in [1.54, 1.807) is 18.2 Å². The fraction of sp³-hybridized carbons (Fsp3) is 0.636. The van der Waals surface area contributed by atoms with Gasteiger partial charge in [-0.3, -0.25) is 0 Å². The highest BCUT2D eigenvalue weighted by Gasteiger charge is 2.34. The van der Waals surface area contributed by atoms with Crippen LogP contribution < -0.4 is 4.74 Å². The highest BCUT2D eigenvalue weighted by atomic mass is 19.2. The summed E-state index contributed by atoms with van der Waals surface area (Å²) in [5.74, 6) is 2.72. The molecule has 0 amide bonds. The Morgan fingerprint density at radius 1 is 0.778 bits per heavy atom.